The summed E-state index contributed by atoms with van der Waals surface area (Å²) in [6.45, 7) is 2.09. The molecule has 0 aliphatic rings. The average molecular weight is 309 g/mol. The predicted molar refractivity (Wildman–Crippen MR) is 75.7 cm³/mol. The molecule has 0 saturated carbocycles. The number of halogens is 1. The molecule has 0 unspecified atom stereocenters. The Morgan fingerprint density at radius 2 is 2.00 bits per heavy atom. The van der Waals surface area contributed by atoms with Gasteiger partial charge in [0.15, 0.2) is 0 Å². The van der Waals surface area contributed by atoms with Crippen molar-refractivity contribution in [1.82, 2.24) is 9.97 Å². The lowest BCUT2D eigenvalue weighted by Gasteiger charge is -2.06. The fourth-order valence-corrected chi connectivity index (χ4v) is 2.38. The zero-order chi connectivity index (χ0) is 12.3. The maximum atomic E-state index is 5.23. The number of benzene rings is 1. The molecule has 0 aliphatic heterocycles. The molecular formula is C13H13BrN2S. The minimum Gasteiger partial charge on any atom is -0.346 e. The van der Waals surface area contributed by atoms with Crippen molar-refractivity contribution >= 4 is 28.1 Å². The van der Waals surface area contributed by atoms with E-state index < -0.39 is 0 Å². The summed E-state index contributed by atoms with van der Waals surface area (Å²) in [5, 5.41) is 0. The molecule has 0 fully saturated rings. The molecule has 2 rings (SSSR count). The molecule has 0 bridgehead atoms. The normalized spacial score (nSPS) is 10.5. The molecule has 2 nitrogen and oxygen atoms in total. The first-order valence-corrected chi connectivity index (χ1v) is 6.72. The molecule has 2 aromatic rings. The second kappa shape index (κ2) is 5.56. The van der Waals surface area contributed by atoms with Gasteiger partial charge in [-0.05, 0) is 27.9 Å². The van der Waals surface area contributed by atoms with Crippen LogP contribution >= 0.6 is 28.1 Å². The zero-order valence-electron chi connectivity index (χ0n) is 9.53. The Morgan fingerprint density at radius 1 is 1.29 bits per heavy atom. The van der Waals surface area contributed by atoms with Crippen molar-refractivity contribution in [3.05, 3.63) is 56.5 Å². The smallest absolute Gasteiger partial charge is 0.144 e. The zero-order valence-corrected chi connectivity index (χ0v) is 11.9. The van der Waals surface area contributed by atoms with Gasteiger partial charge in [-0.2, -0.15) is 0 Å². The number of hydrogen-bond donors (Lipinski definition) is 1. The molecule has 1 N–H and O–H groups in total. The molecule has 0 aliphatic carbocycles. The van der Waals surface area contributed by atoms with Gasteiger partial charge in [0.25, 0.3) is 0 Å². The van der Waals surface area contributed by atoms with Crippen LogP contribution in [0, 0.1) is 4.64 Å². The molecule has 0 spiro atoms. The Kier molecular flexibility index (Phi) is 4.07. The van der Waals surface area contributed by atoms with Crippen LogP contribution in [-0.2, 0) is 12.8 Å². The van der Waals surface area contributed by atoms with Crippen molar-refractivity contribution < 1.29 is 0 Å². The van der Waals surface area contributed by atoms with Crippen LogP contribution < -0.4 is 0 Å². The lowest BCUT2D eigenvalue weighted by molar-refractivity contribution is 0.889. The summed E-state index contributed by atoms with van der Waals surface area (Å²) in [4.78, 5) is 7.72. The first-order valence-electron chi connectivity index (χ1n) is 5.52. The van der Waals surface area contributed by atoms with Crippen LogP contribution in [0.15, 0.2) is 34.8 Å². The molecule has 0 amide bonds. The van der Waals surface area contributed by atoms with Crippen molar-refractivity contribution in [3.8, 4) is 0 Å². The van der Waals surface area contributed by atoms with Crippen molar-refractivity contribution in [1.29, 1.82) is 0 Å². The summed E-state index contributed by atoms with van der Waals surface area (Å²) in [5.74, 6) is 0.918. The van der Waals surface area contributed by atoms with E-state index in [2.05, 4.69) is 45.0 Å². The highest BCUT2D eigenvalue weighted by Crippen LogP contribution is 2.17. The number of nitrogens with one attached hydrogen (secondary N) is 1. The lowest BCUT2D eigenvalue weighted by Crippen LogP contribution is -2.01. The quantitative estimate of drug-likeness (QED) is 0.866. The van der Waals surface area contributed by atoms with Gasteiger partial charge in [-0.1, -0.05) is 49.5 Å². The van der Waals surface area contributed by atoms with Crippen LogP contribution in [0.25, 0.3) is 0 Å². The van der Waals surface area contributed by atoms with Crippen molar-refractivity contribution in [2.24, 2.45) is 0 Å². The van der Waals surface area contributed by atoms with Gasteiger partial charge >= 0.3 is 0 Å². The number of nitrogens with zero attached hydrogens (tertiary/aromatic N) is 1. The summed E-state index contributed by atoms with van der Waals surface area (Å²) in [6.07, 6.45) is 1.69. The molecule has 0 atom stereocenters. The molecule has 88 valence electrons. The summed E-state index contributed by atoms with van der Waals surface area (Å²) >= 11 is 8.69. The van der Waals surface area contributed by atoms with Crippen LogP contribution in [0.2, 0.25) is 0 Å². The van der Waals surface area contributed by atoms with Crippen molar-refractivity contribution in [3.63, 3.8) is 0 Å². The Hall–Kier alpha value is -1.00. The van der Waals surface area contributed by atoms with Gasteiger partial charge in [0.05, 0.1) is 4.47 Å². The first kappa shape index (κ1) is 12.5. The van der Waals surface area contributed by atoms with Gasteiger partial charge in [0.2, 0.25) is 0 Å². The van der Waals surface area contributed by atoms with Crippen molar-refractivity contribution in [2.75, 3.05) is 0 Å². The van der Waals surface area contributed by atoms with E-state index >= 15 is 0 Å². The molecule has 17 heavy (non-hydrogen) atoms. The SMILES string of the molecule is CCc1[nH]c(Cc2ccccc2)nc(=S)c1Br. The number of rotatable bonds is 3. The summed E-state index contributed by atoms with van der Waals surface area (Å²) < 4.78 is 1.54. The average Bonchev–Trinajstić information content (AvgIpc) is 2.35. The largest absolute Gasteiger partial charge is 0.346 e. The summed E-state index contributed by atoms with van der Waals surface area (Å²) in [5.41, 5.74) is 2.34. The third kappa shape index (κ3) is 3.01. The first-order chi connectivity index (χ1) is 8.20. The molecule has 4 heteroatoms. The van der Waals surface area contributed by atoms with Crippen LogP contribution in [0.1, 0.15) is 24.0 Å². The fourth-order valence-electron chi connectivity index (χ4n) is 1.67. The number of aromatic amines is 1. The minimum absolute atomic E-state index is 0.631. The van der Waals surface area contributed by atoms with Crippen LogP contribution in [-0.4, -0.2) is 9.97 Å². The highest BCUT2D eigenvalue weighted by atomic mass is 79.9. The van der Waals surface area contributed by atoms with E-state index in [-0.39, 0.29) is 0 Å². The van der Waals surface area contributed by atoms with Crippen LogP contribution in [0.5, 0.6) is 0 Å². The van der Waals surface area contributed by atoms with Gasteiger partial charge in [-0.15, -0.1) is 0 Å². The van der Waals surface area contributed by atoms with Gasteiger partial charge in [0, 0.05) is 12.1 Å². The Labute approximate surface area is 114 Å². The van der Waals surface area contributed by atoms with Gasteiger partial charge in [-0.3, -0.25) is 0 Å². The van der Waals surface area contributed by atoms with E-state index in [9.17, 15) is 0 Å². The molecule has 1 aromatic carbocycles. The Bertz CT molecular complexity index is 563. The van der Waals surface area contributed by atoms with E-state index in [1.54, 1.807) is 0 Å². The maximum Gasteiger partial charge on any atom is 0.144 e. The predicted octanol–water partition coefficient (Wildman–Crippen LogP) is 4.05. The third-order valence-electron chi connectivity index (χ3n) is 2.55. The molecule has 0 saturated heterocycles. The lowest BCUT2D eigenvalue weighted by atomic mass is 10.1. The van der Waals surface area contributed by atoms with Crippen LogP contribution in [0.3, 0.4) is 0 Å². The second-order valence-corrected chi connectivity index (χ2v) is 4.98. The molecule has 1 aromatic heterocycles. The van der Waals surface area contributed by atoms with E-state index in [4.69, 9.17) is 12.2 Å². The number of H-pyrrole nitrogens is 1. The summed E-state index contributed by atoms with van der Waals surface area (Å²) in [6, 6.07) is 10.3. The number of aryl methyl sites for hydroxylation is 1. The van der Waals surface area contributed by atoms with Crippen LogP contribution in [0.4, 0.5) is 0 Å². The number of hydrogen-bond acceptors (Lipinski definition) is 2. The summed E-state index contributed by atoms with van der Waals surface area (Å²) in [7, 11) is 0. The number of aromatic nitrogens is 2. The topological polar surface area (TPSA) is 28.7 Å². The van der Waals surface area contributed by atoms with Gasteiger partial charge < -0.3 is 4.98 Å². The molecule has 1 heterocycles. The Morgan fingerprint density at radius 3 is 2.65 bits per heavy atom. The van der Waals surface area contributed by atoms with E-state index in [0.717, 1.165) is 28.8 Å². The monoisotopic (exact) mass is 308 g/mol. The fraction of sp³-hybridized carbons (Fsp3) is 0.231. The van der Waals surface area contributed by atoms with Gasteiger partial charge in [0.1, 0.15) is 10.5 Å². The maximum absolute atomic E-state index is 5.23. The molecule has 0 radical (unpaired) electrons. The van der Waals surface area contributed by atoms with Crippen molar-refractivity contribution in [2.45, 2.75) is 19.8 Å². The molecular weight excluding hydrogens is 296 g/mol. The highest BCUT2D eigenvalue weighted by Gasteiger charge is 2.05. The Balaban J connectivity index is 2.34. The van der Waals surface area contributed by atoms with E-state index in [1.807, 2.05) is 18.2 Å². The minimum atomic E-state index is 0.631. The van der Waals surface area contributed by atoms with Gasteiger partial charge in [-0.25, -0.2) is 4.98 Å². The van der Waals surface area contributed by atoms with E-state index in [0.29, 0.717) is 4.64 Å². The third-order valence-corrected chi connectivity index (χ3v) is 3.96. The standard InChI is InChI=1S/C13H13BrN2S/c1-2-10-12(14)13(17)16-11(15-10)8-9-6-4-3-5-7-9/h3-7H,2,8H2,1H3,(H,15,16,17). The highest BCUT2D eigenvalue weighted by molar-refractivity contribution is 9.10. The van der Waals surface area contributed by atoms with E-state index in [1.165, 1.54) is 5.56 Å². The second-order valence-electron chi connectivity index (χ2n) is 3.80.